The summed E-state index contributed by atoms with van der Waals surface area (Å²) < 4.78 is 0. The van der Waals surface area contributed by atoms with E-state index in [4.69, 9.17) is 15.3 Å². The third-order valence-electron chi connectivity index (χ3n) is 2.24. The lowest BCUT2D eigenvalue weighted by Gasteiger charge is -2.28. The number of aliphatic hydroxyl groups is 3. The van der Waals surface area contributed by atoms with E-state index in [1.165, 1.54) is 0 Å². The highest BCUT2D eigenvalue weighted by molar-refractivity contribution is 5.78. The van der Waals surface area contributed by atoms with Gasteiger partial charge in [0.25, 0.3) is 0 Å². The maximum absolute atomic E-state index is 11.3. The van der Waals surface area contributed by atoms with E-state index in [9.17, 15) is 4.79 Å². The van der Waals surface area contributed by atoms with Gasteiger partial charge in [-0.2, -0.15) is 0 Å². The average Bonchev–Trinajstić information content (AvgIpc) is 2.29. The number of hydrogen-bond donors (Lipinski definition) is 5. The predicted octanol–water partition coefficient (Wildman–Crippen LogP) is -1.94. The molecule has 96 valence electrons. The van der Waals surface area contributed by atoms with Gasteiger partial charge in [0, 0.05) is 6.54 Å². The fourth-order valence-corrected chi connectivity index (χ4v) is 0.966. The quantitative estimate of drug-likeness (QED) is 0.336. The van der Waals surface area contributed by atoms with Gasteiger partial charge in [-0.25, -0.2) is 0 Å². The first-order valence-electron chi connectivity index (χ1n) is 5.34. The van der Waals surface area contributed by atoms with Crippen molar-refractivity contribution in [2.45, 2.75) is 19.4 Å². The third-order valence-corrected chi connectivity index (χ3v) is 2.24. The first-order chi connectivity index (χ1) is 7.49. The van der Waals surface area contributed by atoms with Gasteiger partial charge in [0.05, 0.1) is 31.9 Å². The van der Waals surface area contributed by atoms with E-state index in [0.717, 1.165) is 0 Å². The molecule has 0 heterocycles. The summed E-state index contributed by atoms with van der Waals surface area (Å²) in [5.41, 5.74) is -1.20. The molecule has 0 aromatic carbocycles. The molecule has 0 aromatic heterocycles. The standard InChI is InChI=1S/C10H22N2O4/c1-8(2)3-11-9(16)4-12-10(5-13,6-14)7-15/h8,12-15H,3-7H2,1-2H3,(H,11,16). The summed E-state index contributed by atoms with van der Waals surface area (Å²) in [4.78, 5) is 11.3. The van der Waals surface area contributed by atoms with Crippen molar-refractivity contribution in [3.05, 3.63) is 0 Å². The topological polar surface area (TPSA) is 102 Å². The fourth-order valence-electron chi connectivity index (χ4n) is 0.966. The molecule has 6 heteroatoms. The fraction of sp³-hybridized carbons (Fsp3) is 0.900. The number of rotatable bonds is 8. The molecule has 0 rings (SSSR count). The van der Waals surface area contributed by atoms with Gasteiger partial charge in [-0.1, -0.05) is 13.8 Å². The zero-order chi connectivity index (χ0) is 12.6. The highest BCUT2D eigenvalue weighted by atomic mass is 16.3. The SMILES string of the molecule is CC(C)CNC(=O)CNC(CO)(CO)CO. The second-order valence-electron chi connectivity index (χ2n) is 4.31. The molecule has 0 saturated carbocycles. The van der Waals surface area contributed by atoms with Gasteiger partial charge in [-0.15, -0.1) is 0 Å². The molecule has 0 spiro atoms. The van der Waals surface area contributed by atoms with Crippen LogP contribution in [-0.4, -0.2) is 59.7 Å². The molecule has 0 aromatic rings. The molecule has 0 aliphatic carbocycles. The Labute approximate surface area is 95.7 Å². The molecular weight excluding hydrogens is 212 g/mol. The van der Waals surface area contributed by atoms with Gasteiger partial charge in [-0.05, 0) is 5.92 Å². The van der Waals surface area contributed by atoms with Crippen molar-refractivity contribution >= 4 is 5.91 Å². The Morgan fingerprint density at radius 1 is 1.19 bits per heavy atom. The second kappa shape index (κ2) is 7.56. The summed E-state index contributed by atoms with van der Waals surface area (Å²) in [6, 6.07) is 0. The van der Waals surface area contributed by atoms with Gasteiger partial charge in [0.15, 0.2) is 0 Å². The number of carbonyl (C=O) groups excluding carboxylic acids is 1. The molecular formula is C10H22N2O4. The Morgan fingerprint density at radius 3 is 2.06 bits per heavy atom. The van der Waals surface area contributed by atoms with Crippen molar-refractivity contribution in [2.75, 3.05) is 32.9 Å². The Hall–Kier alpha value is -0.690. The van der Waals surface area contributed by atoms with E-state index in [2.05, 4.69) is 10.6 Å². The van der Waals surface area contributed by atoms with Crippen LogP contribution >= 0.6 is 0 Å². The monoisotopic (exact) mass is 234 g/mol. The van der Waals surface area contributed by atoms with Crippen molar-refractivity contribution in [2.24, 2.45) is 5.92 Å². The van der Waals surface area contributed by atoms with E-state index in [1.807, 2.05) is 13.8 Å². The average molecular weight is 234 g/mol. The largest absolute Gasteiger partial charge is 0.394 e. The molecule has 0 bridgehead atoms. The zero-order valence-electron chi connectivity index (χ0n) is 9.86. The Balaban J connectivity index is 3.97. The molecule has 6 nitrogen and oxygen atoms in total. The molecule has 0 radical (unpaired) electrons. The van der Waals surface area contributed by atoms with Crippen LogP contribution in [0.25, 0.3) is 0 Å². The molecule has 0 unspecified atom stereocenters. The zero-order valence-corrected chi connectivity index (χ0v) is 9.86. The van der Waals surface area contributed by atoms with E-state index in [-0.39, 0.29) is 12.5 Å². The number of amides is 1. The maximum atomic E-state index is 11.3. The summed E-state index contributed by atoms with van der Waals surface area (Å²) >= 11 is 0. The van der Waals surface area contributed by atoms with Crippen LogP contribution in [0.5, 0.6) is 0 Å². The van der Waals surface area contributed by atoms with E-state index < -0.39 is 25.4 Å². The minimum atomic E-state index is -1.20. The van der Waals surface area contributed by atoms with Crippen molar-refractivity contribution in [1.82, 2.24) is 10.6 Å². The molecule has 0 fully saturated rings. The van der Waals surface area contributed by atoms with Gasteiger partial charge in [0.2, 0.25) is 5.91 Å². The van der Waals surface area contributed by atoms with Crippen LogP contribution in [-0.2, 0) is 4.79 Å². The van der Waals surface area contributed by atoms with Crippen LogP contribution in [0.15, 0.2) is 0 Å². The van der Waals surface area contributed by atoms with Crippen LogP contribution in [0.2, 0.25) is 0 Å². The molecule has 0 saturated heterocycles. The molecule has 5 N–H and O–H groups in total. The van der Waals surface area contributed by atoms with Crippen molar-refractivity contribution in [1.29, 1.82) is 0 Å². The lowest BCUT2D eigenvalue weighted by molar-refractivity contribution is -0.121. The normalized spacial score (nSPS) is 11.9. The Bertz CT molecular complexity index is 197. The highest BCUT2D eigenvalue weighted by Gasteiger charge is 2.27. The summed E-state index contributed by atoms with van der Waals surface area (Å²) in [5, 5.41) is 32.3. The Morgan fingerprint density at radius 2 is 1.69 bits per heavy atom. The minimum Gasteiger partial charge on any atom is -0.394 e. The Kier molecular flexibility index (Phi) is 7.24. The van der Waals surface area contributed by atoms with Crippen molar-refractivity contribution < 1.29 is 20.1 Å². The van der Waals surface area contributed by atoms with Gasteiger partial charge >= 0.3 is 0 Å². The van der Waals surface area contributed by atoms with E-state index >= 15 is 0 Å². The van der Waals surface area contributed by atoms with E-state index in [0.29, 0.717) is 12.5 Å². The van der Waals surface area contributed by atoms with Gasteiger partial charge < -0.3 is 20.6 Å². The third kappa shape index (κ3) is 5.41. The molecule has 0 aliphatic heterocycles. The van der Waals surface area contributed by atoms with E-state index in [1.54, 1.807) is 0 Å². The minimum absolute atomic E-state index is 0.0472. The number of aliphatic hydroxyl groups excluding tert-OH is 3. The molecule has 1 amide bonds. The lowest BCUT2D eigenvalue weighted by atomic mass is 10.0. The van der Waals surface area contributed by atoms with Crippen molar-refractivity contribution in [3.63, 3.8) is 0 Å². The smallest absolute Gasteiger partial charge is 0.233 e. The first-order valence-corrected chi connectivity index (χ1v) is 5.34. The second-order valence-corrected chi connectivity index (χ2v) is 4.31. The van der Waals surface area contributed by atoms with Crippen LogP contribution in [0.3, 0.4) is 0 Å². The van der Waals surface area contributed by atoms with Crippen LogP contribution in [0, 0.1) is 5.92 Å². The van der Waals surface area contributed by atoms with Crippen LogP contribution in [0.1, 0.15) is 13.8 Å². The molecule has 0 aliphatic rings. The van der Waals surface area contributed by atoms with Crippen LogP contribution in [0.4, 0.5) is 0 Å². The molecule has 16 heavy (non-hydrogen) atoms. The summed E-state index contributed by atoms with van der Waals surface area (Å²) in [6.07, 6.45) is 0. The number of hydrogen-bond acceptors (Lipinski definition) is 5. The van der Waals surface area contributed by atoms with Gasteiger partial charge in [-0.3, -0.25) is 10.1 Å². The number of carbonyl (C=O) groups is 1. The lowest BCUT2D eigenvalue weighted by Crippen LogP contribution is -2.57. The highest BCUT2D eigenvalue weighted by Crippen LogP contribution is 2.00. The summed E-state index contributed by atoms with van der Waals surface area (Å²) in [7, 11) is 0. The number of nitrogens with one attached hydrogen (secondary N) is 2. The summed E-state index contributed by atoms with van der Waals surface area (Å²) in [5.74, 6) is 0.135. The van der Waals surface area contributed by atoms with Crippen molar-refractivity contribution in [3.8, 4) is 0 Å². The maximum Gasteiger partial charge on any atom is 0.233 e. The van der Waals surface area contributed by atoms with Gasteiger partial charge in [0.1, 0.15) is 0 Å². The first kappa shape index (κ1) is 15.3. The molecule has 0 atom stereocenters. The van der Waals surface area contributed by atoms with Crippen LogP contribution < -0.4 is 10.6 Å². The summed E-state index contributed by atoms with van der Waals surface area (Å²) in [6.45, 7) is 3.19. The predicted molar refractivity (Wildman–Crippen MR) is 59.8 cm³/mol.